The van der Waals surface area contributed by atoms with E-state index in [4.69, 9.17) is 4.74 Å². The average molecular weight is 224 g/mol. The van der Waals surface area contributed by atoms with Crippen molar-refractivity contribution in [2.45, 2.75) is 12.8 Å². The van der Waals surface area contributed by atoms with E-state index in [2.05, 4.69) is 44.2 Å². The van der Waals surface area contributed by atoms with Gasteiger partial charge in [0.25, 0.3) is 0 Å². The molecule has 2 aromatic carbocycles. The van der Waals surface area contributed by atoms with E-state index < -0.39 is 0 Å². The predicted molar refractivity (Wildman–Crippen MR) is 74.9 cm³/mol. The Hall–Kier alpha value is -1.70. The van der Waals surface area contributed by atoms with Crippen molar-refractivity contribution < 1.29 is 4.74 Å². The Bertz CT molecular complexity index is 453. The molecule has 0 spiro atoms. The number of benzene rings is 2. The van der Waals surface area contributed by atoms with Crippen molar-refractivity contribution in [1.29, 1.82) is 0 Å². The molecule has 0 atom stereocenters. The Morgan fingerprint density at radius 2 is 1.76 bits per heavy atom. The first kappa shape index (κ1) is 11.8. The lowest BCUT2D eigenvalue weighted by Gasteiger charge is -2.06. The van der Waals surface area contributed by atoms with Crippen molar-refractivity contribution >= 4 is 13.3 Å². The minimum Gasteiger partial charge on any atom is -0.494 e. The van der Waals surface area contributed by atoms with Gasteiger partial charge < -0.3 is 4.74 Å². The highest BCUT2D eigenvalue weighted by Gasteiger charge is 1.95. The molecule has 0 saturated heterocycles. The van der Waals surface area contributed by atoms with Crippen molar-refractivity contribution in [3.8, 4) is 5.75 Å². The van der Waals surface area contributed by atoms with Gasteiger partial charge in [-0.05, 0) is 30.5 Å². The zero-order chi connectivity index (χ0) is 11.9. The van der Waals surface area contributed by atoms with Crippen LogP contribution < -0.4 is 10.2 Å². The number of rotatable bonds is 5. The number of aryl methyl sites for hydroxylation is 1. The molecular formula is C15H17BO. The minimum absolute atomic E-state index is 0.776. The Morgan fingerprint density at radius 3 is 2.53 bits per heavy atom. The van der Waals surface area contributed by atoms with Crippen LogP contribution in [0.25, 0.3) is 0 Å². The molecule has 0 aliphatic carbocycles. The molecule has 2 aromatic rings. The summed E-state index contributed by atoms with van der Waals surface area (Å²) in [5.41, 5.74) is 2.62. The molecule has 0 aliphatic heterocycles. The van der Waals surface area contributed by atoms with Crippen molar-refractivity contribution in [3.63, 3.8) is 0 Å². The van der Waals surface area contributed by atoms with Crippen LogP contribution in [0.15, 0.2) is 54.6 Å². The molecule has 0 aliphatic rings. The van der Waals surface area contributed by atoms with Gasteiger partial charge in [-0.2, -0.15) is 0 Å². The lowest BCUT2D eigenvalue weighted by atomic mass is 9.96. The van der Waals surface area contributed by atoms with E-state index in [-0.39, 0.29) is 0 Å². The third-order valence-electron chi connectivity index (χ3n) is 2.71. The summed E-state index contributed by atoms with van der Waals surface area (Å²) in [7, 11) is 2.08. The van der Waals surface area contributed by atoms with Crippen LogP contribution in [0.3, 0.4) is 0 Å². The Kier molecular flexibility index (Phi) is 4.26. The standard InChI is InChI=1S/C15H17BO/c16-14-9-4-10-15(12-14)17-11-5-8-13-6-2-1-3-7-13/h1-4,6-7,9-10,12H,5,8,11,16H2. The van der Waals surface area contributed by atoms with Crippen molar-refractivity contribution in [1.82, 2.24) is 0 Å². The Labute approximate surface area is 104 Å². The monoisotopic (exact) mass is 224 g/mol. The van der Waals surface area contributed by atoms with Crippen LogP contribution in [-0.2, 0) is 6.42 Å². The molecule has 0 radical (unpaired) electrons. The van der Waals surface area contributed by atoms with Gasteiger partial charge in [0.2, 0.25) is 0 Å². The van der Waals surface area contributed by atoms with Crippen molar-refractivity contribution in [2.24, 2.45) is 0 Å². The molecule has 0 bridgehead atoms. The lowest BCUT2D eigenvalue weighted by Crippen LogP contribution is -2.04. The highest BCUT2D eigenvalue weighted by molar-refractivity contribution is 6.32. The Morgan fingerprint density at radius 1 is 0.941 bits per heavy atom. The van der Waals surface area contributed by atoms with Crippen LogP contribution in [-0.4, -0.2) is 14.5 Å². The normalized spacial score (nSPS) is 10.1. The van der Waals surface area contributed by atoms with Crippen LogP contribution in [0.2, 0.25) is 0 Å². The second-order valence-electron chi connectivity index (χ2n) is 4.25. The highest BCUT2D eigenvalue weighted by Crippen LogP contribution is 2.08. The smallest absolute Gasteiger partial charge is 0.139 e. The minimum atomic E-state index is 0.776. The van der Waals surface area contributed by atoms with Crippen molar-refractivity contribution in [3.05, 3.63) is 60.2 Å². The van der Waals surface area contributed by atoms with Crippen LogP contribution in [0.1, 0.15) is 12.0 Å². The van der Waals surface area contributed by atoms with E-state index in [1.165, 1.54) is 11.0 Å². The zero-order valence-electron chi connectivity index (χ0n) is 10.2. The first-order valence-corrected chi connectivity index (χ1v) is 6.08. The first-order chi connectivity index (χ1) is 8.34. The quantitative estimate of drug-likeness (QED) is 0.557. The summed E-state index contributed by atoms with van der Waals surface area (Å²) in [6.07, 6.45) is 2.13. The summed E-state index contributed by atoms with van der Waals surface area (Å²) in [6, 6.07) is 18.7. The Balaban J connectivity index is 1.73. The van der Waals surface area contributed by atoms with Crippen LogP contribution >= 0.6 is 0 Å². The van der Waals surface area contributed by atoms with E-state index in [9.17, 15) is 0 Å². The number of ether oxygens (including phenoxy) is 1. The summed E-state index contributed by atoms with van der Waals surface area (Å²) >= 11 is 0. The molecule has 17 heavy (non-hydrogen) atoms. The second kappa shape index (κ2) is 6.14. The van der Waals surface area contributed by atoms with E-state index in [1.54, 1.807) is 0 Å². The maximum atomic E-state index is 5.71. The maximum Gasteiger partial charge on any atom is 0.139 e. The zero-order valence-corrected chi connectivity index (χ0v) is 10.2. The fourth-order valence-electron chi connectivity index (χ4n) is 1.82. The second-order valence-corrected chi connectivity index (χ2v) is 4.25. The van der Waals surface area contributed by atoms with Gasteiger partial charge >= 0.3 is 0 Å². The molecule has 0 saturated carbocycles. The van der Waals surface area contributed by atoms with Gasteiger partial charge in [0.1, 0.15) is 13.6 Å². The largest absolute Gasteiger partial charge is 0.494 e. The van der Waals surface area contributed by atoms with Gasteiger partial charge in [0.15, 0.2) is 0 Å². The summed E-state index contributed by atoms with van der Waals surface area (Å²) in [6.45, 7) is 0.776. The van der Waals surface area contributed by atoms with Crippen molar-refractivity contribution in [2.75, 3.05) is 6.61 Å². The van der Waals surface area contributed by atoms with E-state index in [1.807, 2.05) is 18.2 Å². The van der Waals surface area contributed by atoms with E-state index in [0.29, 0.717) is 0 Å². The molecule has 0 heterocycles. The molecule has 2 rings (SSSR count). The van der Waals surface area contributed by atoms with E-state index in [0.717, 1.165) is 25.2 Å². The molecule has 0 N–H and O–H groups in total. The molecule has 0 amide bonds. The van der Waals surface area contributed by atoms with Gasteiger partial charge in [-0.3, -0.25) is 0 Å². The molecule has 2 heteroatoms. The highest BCUT2D eigenvalue weighted by atomic mass is 16.5. The summed E-state index contributed by atoms with van der Waals surface area (Å²) in [5, 5.41) is 0. The molecular weight excluding hydrogens is 207 g/mol. The van der Waals surface area contributed by atoms with Crippen LogP contribution in [0.4, 0.5) is 0 Å². The SMILES string of the molecule is Bc1cccc(OCCCc2ccccc2)c1. The van der Waals surface area contributed by atoms with Gasteiger partial charge in [0.05, 0.1) is 6.61 Å². The van der Waals surface area contributed by atoms with Crippen LogP contribution in [0, 0.1) is 0 Å². The topological polar surface area (TPSA) is 9.23 Å². The summed E-state index contributed by atoms with van der Waals surface area (Å²) < 4.78 is 5.71. The molecule has 0 unspecified atom stereocenters. The molecule has 0 aromatic heterocycles. The maximum absolute atomic E-state index is 5.71. The fraction of sp³-hybridized carbons (Fsp3) is 0.200. The number of hydrogen-bond acceptors (Lipinski definition) is 1. The predicted octanol–water partition coefficient (Wildman–Crippen LogP) is 1.96. The first-order valence-electron chi connectivity index (χ1n) is 6.08. The van der Waals surface area contributed by atoms with Gasteiger partial charge in [-0.25, -0.2) is 0 Å². The molecule has 1 nitrogen and oxygen atoms in total. The summed E-state index contributed by atoms with van der Waals surface area (Å²) in [5.74, 6) is 0.970. The molecule has 0 fully saturated rings. The molecule has 86 valence electrons. The average Bonchev–Trinajstić information content (AvgIpc) is 2.36. The van der Waals surface area contributed by atoms with Gasteiger partial charge in [0, 0.05) is 0 Å². The number of hydrogen-bond donors (Lipinski definition) is 0. The third kappa shape index (κ3) is 3.99. The summed E-state index contributed by atoms with van der Waals surface area (Å²) in [4.78, 5) is 0. The van der Waals surface area contributed by atoms with E-state index >= 15 is 0 Å². The van der Waals surface area contributed by atoms with Crippen LogP contribution in [0.5, 0.6) is 5.75 Å². The van der Waals surface area contributed by atoms with Gasteiger partial charge in [-0.15, -0.1) is 0 Å². The fourth-order valence-corrected chi connectivity index (χ4v) is 1.82. The van der Waals surface area contributed by atoms with Gasteiger partial charge in [-0.1, -0.05) is 47.9 Å². The third-order valence-corrected chi connectivity index (χ3v) is 2.71. The lowest BCUT2D eigenvalue weighted by molar-refractivity contribution is 0.311.